The van der Waals surface area contributed by atoms with Crippen LogP contribution in [0.5, 0.6) is 0 Å². The smallest absolute Gasteiger partial charge is 0.129 e. The highest BCUT2D eigenvalue weighted by Crippen LogP contribution is 2.32. The number of nitrogens with zero attached hydrogens (tertiary/aromatic N) is 1. The molecule has 1 aromatic rings. The van der Waals surface area contributed by atoms with E-state index in [4.69, 9.17) is 0 Å². The highest BCUT2D eigenvalue weighted by atomic mass is 19.1. The minimum absolute atomic E-state index is 0.101. The zero-order chi connectivity index (χ0) is 15.4. The first-order chi connectivity index (χ1) is 9.99. The molecular formula is C18H29FN2. The minimum atomic E-state index is -0.101. The first-order valence-corrected chi connectivity index (χ1v) is 8.22. The van der Waals surface area contributed by atoms with Crippen LogP contribution < -0.4 is 10.2 Å². The van der Waals surface area contributed by atoms with Crippen molar-refractivity contribution >= 4 is 5.69 Å². The number of hydrogen-bond donors (Lipinski definition) is 1. The summed E-state index contributed by atoms with van der Waals surface area (Å²) in [7, 11) is 2.12. The van der Waals surface area contributed by atoms with Gasteiger partial charge in [0.1, 0.15) is 5.82 Å². The molecular weight excluding hydrogens is 263 g/mol. The van der Waals surface area contributed by atoms with Crippen molar-refractivity contribution in [3.63, 3.8) is 0 Å². The van der Waals surface area contributed by atoms with Crippen LogP contribution >= 0.6 is 0 Å². The molecule has 0 amide bonds. The summed E-state index contributed by atoms with van der Waals surface area (Å²) in [6.45, 7) is 7.10. The zero-order valence-corrected chi connectivity index (χ0v) is 13.8. The highest BCUT2D eigenvalue weighted by Gasteiger charge is 2.24. The third-order valence-corrected chi connectivity index (χ3v) is 4.62. The Bertz CT molecular complexity index is 459. The Morgan fingerprint density at radius 2 is 2.10 bits per heavy atom. The molecule has 2 nitrogen and oxygen atoms in total. The van der Waals surface area contributed by atoms with Gasteiger partial charge in [0.15, 0.2) is 0 Å². The maximum atomic E-state index is 14.2. The molecule has 1 fully saturated rings. The van der Waals surface area contributed by atoms with E-state index in [2.05, 4.69) is 44.1 Å². The fourth-order valence-electron chi connectivity index (χ4n) is 3.31. The van der Waals surface area contributed by atoms with Crippen molar-refractivity contribution in [1.82, 2.24) is 5.32 Å². The number of hydrogen-bond acceptors (Lipinski definition) is 2. The lowest BCUT2D eigenvalue weighted by molar-refractivity contribution is 0.336. The van der Waals surface area contributed by atoms with E-state index in [0.717, 1.165) is 17.2 Å². The highest BCUT2D eigenvalue weighted by molar-refractivity contribution is 5.54. The lowest BCUT2D eigenvalue weighted by atomic mass is 9.86. The fourth-order valence-corrected chi connectivity index (χ4v) is 3.31. The van der Waals surface area contributed by atoms with E-state index >= 15 is 0 Å². The van der Waals surface area contributed by atoms with Crippen LogP contribution in [0.2, 0.25) is 0 Å². The van der Waals surface area contributed by atoms with Crippen molar-refractivity contribution in [1.29, 1.82) is 0 Å². The average Bonchev–Trinajstić information content (AvgIpc) is 2.45. The Hall–Kier alpha value is -1.09. The van der Waals surface area contributed by atoms with Crippen molar-refractivity contribution < 1.29 is 4.39 Å². The predicted molar refractivity (Wildman–Crippen MR) is 88.2 cm³/mol. The minimum Gasteiger partial charge on any atom is -0.371 e. The van der Waals surface area contributed by atoms with Crippen molar-refractivity contribution in [2.45, 2.75) is 65.1 Å². The lowest BCUT2D eigenvalue weighted by Gasteiger charge is -2.36. The van der Waals surface area contributed by atoms with E-state index in [9.17, 15) is 4.39 Å². The number of halogens is 1. The molecule has 118 valence electrons. The van der Waals surface area contributed by atoms with Crippen molar-refractivity contribution in [2.75, 3.05) is 11.9 Å². The summed E-state index contributed by atoms with van der Waals surface area (Å²) < 4.78 is 14.2. The monoisotopic (exact) mass is 292 g/mol. The van der Waals surface area contributed by atoms with Gasteiger partial charge in [-0.1, -0.05) is 39.7 Å². The normalized spacial score (nSPS) is 22.6. The van der Waals surface area contributed by atoms with Crippen LogP contribution in [0.3, 0.4) is 0 Å². The second kappa shape index (κ2) is 7.26. The van der Waals surface area contributed by atoms with Gasteiger partial charge in [-0.25, -0.2) is 4.39 Å². The lowest BCUT2D eigenvalue weighted by Crippen LogP contribution is -2.36. The fraction of sp³-hybridized carbons (Fsp3) is 0.667. The van der Waals surface area contributed by atoms with Crippen molar-refractivity contribution in [3.05, 3.63) is 29.6 Å². The summed E-state index contributed by atoms with van der Waals surface area (Å²) >= 11 is 0. The van der Waals surface area contributed by atoms with Crippen molar-refractivity contribution in [2.24, 2.45) is 5.92 Å². The Labute approximate surface area is 128 Å². The molecule has 2 atom stereocenters. The zero-order valence-electron chi connectivity index (χ0n) is 13.8. The van der Waals surface area contributed by atoms with Gasteiger partial charge in [-0.2, -0.15) is 0 Å². The summed E-state index contributed by atoms with van der Waals surface area (Å²) in [4.78, 5) is 2.30. The molecule has 0 saturated heterocycles. The van der Waals surface area contributed by atoms with Crippen LogP contribution in [-0.4, -0.2) is 19.1 Å². The van der Waals surface area contributed by atoms with E-state index in [0.29, 0.717) is 18.6 Å². The van der Waals surface area contributed by atoms with E-state index in [1.165, 1.54) is 25.7 Å². The molecule has 0 aliphatic heterocycles. The SMILES string of the molecule is CC1CCCC(N(C)c2cccc(F)c2CNC(C)C)C1. The maximum Gasteiger partial charge on any atom is 0.129 e. The Kier molecular flexibility index (Phi) is 5.63. The van der Waals surface area contributed by atoms with Gasteiger partial charge in [-0.3, -0.25) is 0 Å². The molecule has 0 bridgehead atoms. The summed E-state index contributed by atoms with van der Waals surface area (Å²) in [6.07, 6.45) is 5.04. The summed E-state index contributed by atoms with van der Waals surface area (Å²) in [5, 5.41) is 3.34. The third-order valence-electron chi connectivity index (χ3n) is 4.62. The summed E-state index contributed by atoms with van der Waals surface area (Å²) in [5.41, 5.74) is 1.84. The largest absolute Gasteiger partial charge is 0.371 e. The molecule has 1 aliphatic rings. The van der Waals surface area contributed by atoms with Gasteiger partial charge < -0.3 is 10.2 Å². The number of anilines is 1. The number of nitrogens with one attached hydrogen (secondary N) is 1. The van der Waals surface area contributed by atoms with Crippen LogP contribution in [0.1, 0.15) is 52.0 Å². The third kappa shape index (κ3) is 4.19. The molecule has 1 aromatic carbocycles. The van der Waals surface area contributed by atoms with Crippen LogP contribution in [0, 0.1) is 11.7 Å². The van der Waals surface area contributed by atoms with E-state index in [1.807, 2.05) is 6.07 Å². The van der Waals surface area contributed by atoms with E-state index in [-0.39, 0.29) is 5.82 Å². The molecule has 1 saturated carbocycles. The van der Waals surface area contributed by atoms with Gasteiger partial charge in [0.05, 0.1) is 0 Å². The van der Waals surface area contributed by atoms with Crippen molar-refractivity contribution in [3.8, 4) is 0 Å². The average molecular weight is 292 g/mol. The quantitative estimate of drug-likeness (QED) is 0.868. The van der Waals surface area contributed by atoms with Crippen LogP contribution in [0.25, 0.3) is 0 Å². The molecule has 3 heteroatoms. The molecule has 0 aromatic heterocycles. The number of rotatable bonds is 5. The Balaban J connectivity index is 2.19. The first kappa shape index (κ1) is 16.3. The van der Waals surface area contributed by atoms with Gasteiger partial charge in [-0.15, -0.1) is 0 Å². The second-order valence-corrected chi connectivity index (χ2v) is 6.81. The first-order valence-electron chi connectivity index (χ1n) is 8.22. The van der Waals surface area contributed by atoms with E-state index < -0.39 is 0 Å². The van der Waals surface area contributed by atoms with E-state index in [1.54, 1.807) is 6.07 Å². The number of benzene rings is 1. The molecule has 1 aliphatic carbocycles. The van der Waals surface area contributed by atoms with Gasteiger partial charge in [-0.05, 0) is 30.9 Å². The molecule has 0 radical (unpaired) electrons. The molecule has 0 heterocycles. The Morgan fingerprint density at radius 3 is 2.76 bits per heavy atom. The maximum absolute atomic E-state index is 14.2. The summed E-state index contributed by atoms with van der Waals surface area (Å²) in [6, 6.07) is 6.34. The van der Waals surface area contributed by atoms with Gasteiger partial charge in [0.25, 0.3) is 0 Å². The summed E-state index contributed by atoms with van der Waals surface area (Å²) in [5.74, 6) is 0.674. The molecule has 2 unspecified atom stereocenters. The van der Waals surface area contributed by atoms with Gasteiger partial charge >= 0.3 is 0 Å². The van der Waals surface area contributed by atoms with Crippen LogP contribution in [0.15, 0.2) is 18.2 Å². The molecule has 0 spiro atoms. The topological polar surface area (TPSA) is 15.3 Å². The molecule has 2 rings (SSSR count). The molecule has 21 heavy (non-hydrogen) atoms. The standard InChI is InChI=1S/C18H29FN2/c1-13(2)20-12-16-17(19)9-6-10-18(16)21(4)15-8-5-7-14(3)11-15/h6,9-10,13-15,20H,5,7-8,11-12H2,1-4H3. The van der Waals surface area contributed by atoms with Gasteiger partial charge in [0.2, 0.25) is 0 Å². The predicted octanol–water partition coefficient (Wildman–Crippen LogP) is 4.34. The van der Waals surface area contributed by atoms with Gasteiger partial charge in [0, 0.05) is 36.9 Å². The Morgan fingerprint density at radius 1 is 1.33 bits per heavy atom. The van der Waals surface area contributed by atoms with Crippen LogP contribution in [-0.2, 0) is 6.54 Å². The molecule has 1 N–H and O–H groups in total. The van der Waals surface area contributed by atoms with Crippen LogP contribution in [0.4, 0.5) is 10.1 Å². The second-order valence-electron chi connectivity index (χ2n) is 6.81.